The summed E-state index contributed by atoms with van der Waals surface area (Å²) < 4.78 is 5.40. The van der Waals surface area contributed by atoms with Gasteiger partial charge in [-0.2, -0.15) is 0 Å². The monoisotopic (exact) mass is 317 g/mol. The van der Waals surface area contributed by atoms with Crippen LogP contribution < -0.4 is 0 Å². The maximum absolute atomic E-state index is 12.1. The molecule has 1 aliphatic heterocycles. The number of piperidine rings is 1. The molecule has 4 nitrogen and oxygen atoms in total. The van der Waals surface area contributed by atoms with Gasteiger partial charge in [0.15, 0.2) is 0 Å². The number of carbonyl (C=O) groups is 1. The Morgan fingerprint density at radius 2 is 1.87 bits per heavy atom. The molecule has 0 spiro atoms. The van der Waals surface area contributed by atoms with E-state index < -0.39 is 11.2 Å². The molecule has 0 radical (unpaired) electrons. The van der Waals surface area contributed by atoms with E-state index in [4.69, 9.17) is 4.74 Å². The SMILES string of the molecule is C=CC(c1ccccc1)C1(O)CCN(C(=O)OC(C)(C)C)CC1. The average Bonchev–Trinajstić information content (AvgIpc) is 2.47. The lowest BCUT2D eigenvalue weighted by Crippen LogP contribution is -2.50. The fourth-order valence-electron chi connectivity index (χ4n) is 3.04. The van der Waals surface area contributed by atoms with Crippen LogP contribution in [0.1, 0.15) is 45.1 Å². The smallest absolute Gasteiger partial charge is 0.410 e. The van der Waals surface area contributed by atoms with Crippen molar-refractivity contribution in [3.8, 4) is 0 Å². The summed E-state index contributed by atoms with van der Waals surface area (Å²) in [6.45, 7) is 10.4. The van der Waals surface area contributed by atoms with Gasteiger partial charge >= 0.3 is 6.09 Å². The van der Waals surface area contributed by atoms with Crippen LogP contribution in [0.15, 0.2) is 43.0 Å². The molecule has 0 saturated carbocycles. The summed E-state index contributed by atoms with van der Waals surface area (Å²) in [6, 6.07) is 9.89. The highest BCUT2D eigenvalue weighted by atomic mass is 16.6. The van der Waals surface area contributed by atoms with Gasteiger partial charge in [0.1, 0.15) is 5.60 Å². The van der Waals surface area contributed by atoms with E-state index in [-0.39, 0.29) is 12.0 Å². The molecule has 126 valence electrons. The summed E-state index contributed by atoms with van der Waals surface area (Å²) in [7, 11) is 0. The van der Waals surface area contributed by atoms with E-state index >= 15 is 0 Å². The summed E-state index contributed by atoms with van der Waals surface area (Å²) in [5.74, 6) is -0.135. The Morgan fingerprint density at radius 1 is 1.30 bits per heavy atom. The van der Waals surface area contributed by atoms with Gasteiger partial charge in [-0.1, -0.05) is 36.4 Å². The van der Waals surface area contributed by atoms with E-state index in [0.29, 0.717) is 25.9 Å². The van der Waals surface area contributed by atoms with Gasteiger partial charge in [-0.25, -0.2) is 4.79 Å². The van der Waals surface area contributed by atoms with Crippen molar-refractivity contribution >= 4 is 6.09 Å². The van der Waals surface area contributed by atoms with Gasteiger partial charge in [0, 0.05) is 19.0 Å². The fraction of sp³-hybridized carbons (Fsp3) is 0.526. The number of likely N-dealkylation sites (tertiary alicyclic amines) is 1. The molecule has 1 amide bonds. The van der Waals surface area contributed by atoms with Crippen molar-refractivity contribution in [1.82, 2.24) is 4.90 Å². The maximum Gasteiger partial charge on any atom is 0.410 e. The van der Waals surface area contributed by atoms with Crippen molar-refractivity contribution in [2.45, 2.75) is 50.7 Å². The van der Waals surface area contributed by atoms with Crippen LogP contribution in [0, 0.1) is 0 Å². The first-order valence-electron chi connectivity index (χ1n) is 8.13. The first-order chi connectivity index (χ1) is 10.7. The van der Waals surface area contributed by atoms with Crippen LogP contribution in [-0.4, -0.2) is 40.4 Å². The molecular weight excluding hydrogens is 290 g/mol. The van der Waals surface area contributed by atoms with Crippen LogP contribution >= 0.6 is 0 Å². The number of nitrogens with zero attached hydrogens (tertiary/aromatic N) is 1. The second kappa shape index (κ2) is 6.75. The van der Waals surface area contributed by atoms with Gasteiger partial charge in [0.05, 0.1) is 5.60 Å². The Balaban J connectivity index is 2.04. The third kappa shape index (κ3) is 4.35. The van der Waals surface area contributed by atoms with Crippen LogP contribution in [0.2, 0.25) is 0 Å². The first-order valence-corrected chi connectivity index (χ1v) is 8.13. The minimum absolute atomic E-state index is 0.135. The second-order valence-corrected chi connectivity index (χ2v) is 7.20. The summed E-state index contributed by atoms with van der Waals surface area (Å²) in [5.41, 5.74) is -0.323. The molecule has 1 fully saturated rings. The van der Waals surface area contributed by atoms with Gasteiger partial charge in [0.25, 0.3) is 0 Å². The molecule has 4 heteroatoms. The van der Waals surface area contributed by atoms with Crippen molar-refractivity contribution in [2.24, 2.45) is 0 Å². The Morgan fingerprint density at radius 3 is 2.35 bits per heavy atom. The minimum Gasteiger partial charge on any atom is -0.444 e. The van der Waals surface area contributed by atoms with E-state index in [0.717, 1.165) is 5.56 Å². The van der Waals surface area contributed by atoms with Crippen molar-refractivity contribution in [3.63, 3.8) is 0 Å². The maximum atomic E-state index is 12.1. The van der Waals surface area contributed by atoms with E-state index in [2.05, 4.69) is 6.58 Å². The molecule has 1 aliphatic rings. The summed E-state index contributed by atoms with van der Waals surface area (Å²) in [5, 5.41) is 11.1. The van der Waals surface area contributed by atoms with E-state index in [9.17, 15) is 9.90 Å². The van der Waals surface area contributed by atoms with Crippen LogP contribution in [0.3, 0.4) is 0 Å². The normalized spacial score (nSPS) is 19.0. The van der Waals surface area contributed by atoms with E-state index in [1.165, 1.54) is 0 Å². The molecule has 1 aromatic carbocycles. The minimum atomic E-state index is -0.873. The Kier molecular flexibility index (Phi) is 5.15. The van der Waals surface area contributed by atoms with Gasteiger partial charge in [-0.05, 0) is 39.2 Å². The molecule has 1 atom stereocenters. The zero-order valence-electron chi connectivity index (χ0n) is 14.3. The van der Waals surface area contributed by atoms with E-state index in [1.54, 1.807) is 11.0 Å². The predicted octanol–water partition coefficient (Wildman–Crippen LogP) is 3.72. The average molecular weight is 317 g/mol. The number of hydrogen-bond donors (Lipinski definition) is 1. The van der Waals surface area contributed by atoms with E-state index in [1.807, 2.05) is 51.1 Å². The van der Waals surface area contributed by atoms with Crippen LogP contribution in [-0.2, 0) is 4.74 Å². The lowest BCUT2D eigenvalue weighted by molar-refractivity contribution is -0.0400. The summed E-state index contributed by atoms with van der Waals surface area (Å²) in [4.78, 5) is 13.8. The third-order valence-corrected chi connectivity index (χ3v) is 4.25. The molecule has 23 heavy (non-hydrogen) atoms. The molecule has 2 rings (SSSR count). The molecule has 0 bridgehead atoms. The molecule has 1 aromatic rings. The van der Waals surface area contributed by atoms with Crippen molar-refractivity contribution < 1.29 is 14.6 Å². The zero-order valence-corrected chi connectivity index (χ0v) is 14.3. The van der Waals surface area contributed by atoms with Crippen LogP contribution in [0.5, 0.6) is 0 Å². The number of aliphatic hydroxyl groups is 1. The lowest BCUT2D eigenvalue weighted by atomic mass is 9.76. The zero-order chi connectivity index (χ0) is 17.1. The Hall–Kier alpha value is -1.81. The fourth-order valence-corrected chi connectivity index (χ4v) is 3.04. The number of benzene rings is 1. The first kappa shape index (κ1) is 17.5. The highest BCUT2D eigenvalue weighted by Crippen LogP contribution is 2.37. The predicted molar refractivity (Wildman–Crippen MR) is 91.4 cm³/mol. The molecule has 1 saturated heterocycles. The molecule has 1 unspecified atom stereocenters. The van der Waals surface area contributed by atoms with Crippen molar-refractivity contribution in [3.05, 3.63) is 48.6 Å². The standard InChI is InChI=1S/C19H27NO3/c1-5-16(15-9-7-6-8-10-15)19(22)11-13-20(14-12-19)17(21)23-18(2,3)4/h5-10,16,22H,1,11-14H2,2-4H3. The molecule has 1 heterocycles. The number of ether oxygens (including phenoxy) is 1. The third-order valence-electron chi connectivity index (χ3n) is 4.25. The largest absolute Gasteiger partial charge is 0.444 e. The number of carbonyl (C=O) groups excluding carboxylic acids is 1. The summed E-state index contributed by atoms with van der Waals surface area (Å²) in [6.07, 6.45) is 2.52. The number of hydrogen-bond acceptors (Lipinski definition) is 3. The topological polar surface area (TPSA) is 49.8 Å². The molecule has 0 aromatic heterocycles. The Bertz CT molecular complexity index is 539. The van der Waals surface area contributed by atoms with Crippen LogP contribution in [0.25, 0.3) is 0 Å². The highest BCUT2D eigenvalue weighted by Gasteiger charge is 2.40. The Labute approximate surface area is 138 Å². The molecular formula is C19H27NO3. The van der Waals surface area contributed by atoms with Gasteiger partial charge in [-0.3, -0.25) is 0 Å². The van der Waals surface area contributed by atoms with Crippen molar-refractivity contribution in [1.29, 1.82) is 0 Å². The second-order valence-electron chi connectivity index (χ2n) is 7.20. The summed E-state index contributed by atoms with van der Waals surface area (Å²) >= 11 is 0. The van der Waals surface area contributed by atoms with Gasteiger partial charge in [0.2, 0.25) is 0 Å². The number of rotatable bonds is 3. The number of amides is 1. The van der Waals surface area contributed by atoms with Crippen LogP contribution in [0.4, 0.5) is 4.79 Å². The van der Waals surface area contributed by atoms with Gasteiger partial charge in [-0.15, -0.1) is 6.58 Å². The van der Waals surface area contributed by atoms with Gasteiger partial charge < -0.3 is 14.7 Å². The molecule has 0 aliphatic carbocycles. The molecule has 1 N–H and O–H groups in total. The lowest BCUT2D eigenvalue weighted by Gasteiger charge is -2.42. The quantitative estimate of drug-likeness (QED) is 0.864. The van der Waals surface area contributed by atoms with Crippen molar-refractivity contribution in [2.75, 3.05) is 13.1 Å². The highest BCUT2D eigenvalue weighted by molar-refractivity contribution is 5.68.